The van der Waals surface area contributed by atoms with Crippen LogP contribution in [0.1, 0.15) is 46.5 Å². The first-order valence-corrected chi connectivity index (χ1v) is 9.57. The van der Waals surface area contributed by atoms with Gasteiger partial charge in [0.15, 0.2) is 11.5 Å². The smallest absolute Gasteiger partial charge is 0.342 e. The molecule has 0 fully saturated rings. The molecule has 1 amide bonds. The summed E-state index contributed by atoms with van der Waals surface area (Å²) in [6, 6.07) is 1.80. The van der Waals surface area contributed by atoms with Crippen molar-refractivity contribution in [3.8, 4) is 11.3 Å². The maximum atomic E-state index is 14.2. The molecule has 1 aliphatic heterocycles. The van der Waals surface area contributed by atoms with Crippen molar-refractivity contribution in [2.75, 3.05) is 0 Å². The summed E-state index contributed by atoms with van der Waals surface area (Å²) in [6.07, 6.45) is -8.13. The van der Waals surface area contributed by atoms with E-state index in [0.29, 0.717) is 43.4 Å². The van der Waals surface area contributed by atoms with E-state index in [9.17, 15) is 35.5 Å². The first-order chi connectivity index (χ1) is 15.3. The fourth-order valence-electron chi connectivity index (χ4n) is 3.60. The molecule has 0 bridgehead atoms. The summed E-state index contributed by atoms with van der Waals surface area (Å²) in [5, 5.41) is 10.0. The number of fused-ring (bicyclic) bond motifs is 1. The second-order valence-electron chi connectivity index (χ2n) is 7.43. The van der Waals surface area contributed by atoms with Crippen molar-refractivity contribution in [3.05, 3.63) is 53.0 Å². The zero-order chi connectivity index (χ0) is 24.1. The van der Waals surface area contributed by atoms with E-state index in [2.05, 4.69) is 20.5 Å². The number of nitrogens with zero attached hydrogens (tertiary/aromatic N) is 5. The van der Waals surface area contributed by atoms with E-state index >= 15 is 0 Å². The summed E-state index contributed by atoms with van der Waals surface area (Å²) in [6.45, 7) is 0.366. The third kappa shape index (κ3) is 4.41. The van der Waals surface area contributed by atoms with Gasteiger partial charge in [-0.25, -0.2) is 9.37 Å². The Morgan fingerprint density at radius 1 is 1.06 bits per heavy atom. The maximum absolute atomic E-state index is 14.2. The highest BCUT2D eigenvalue weighted by Crippen LogP contribution is 2.34. The van der Waals surface area contributed by atoms with E-state index in [1.807, 2.05) is 0 Å². The molecule has 4 rings (SSSR count). The van der Waals surface area contributed by atoms with Gasteiger partial charge >= 0.3 is 12.4 Å². The average Bonchev–Trinajstić information content (AvgIpc) is 3.31. The highest BCUT2D eigenvalue weighted by atomic mass is 19.4. The van der Waals surface area contributed by atoms with Crippen LogP contribution < -0.4 is 5.32 Å². The number of hydrogen-bond donors (Lipinski definition) is 1. The van der Waals surface area contributed by atoms with Crippen molar-refractivity contribution < 1.29 is 35.5 Å². The molecule has 176 valence electrons. The lowest BCUT2D eigenvalue weighted by molar-refractivity contribution is -0.142. The monoisotopic (exact) mass is 476 g/mol. The minimum Gasteiger partial charge on any atom is -0.342 e. The summed E-state index contributed by atoms with van der Waals surface area (Å²) < 4.78 is 94.0. The molecule has 0 unspecified atom stereocenters. The fourth-order valence-corrected chi connectivity index (χ4v) is 3.60. The van der Waals surface area contributed by atoms with E-state index < -0.39 is 47.1 Å². The molecule has 4 heterocycles. The van der Waals surface area contributed by atoms with Gasteiger partial charge in [0.1, 0.15) is 11.4 Å². The summed E-state index contributed by atoms with van der Waals surface area (Å²) in [5.74, 6) is -1.83. The Kier molecular flexibility index (Phi) is 5.41. The summed E-state index contributed by atoms with van der Waals surface area (Å²) >= 11 is 0. The highest BCUT2D eigenvalue weighted by Gasteiger charge is 2.36. The van der Waals surface area contributed by atoms with E-state index in [1.54, 1.807) is 0 Å². The third-order valence-corrected chi connectivity index (χ3v) is 5.16. The molecule has 3 aromatic rings. The van der Waals surface area contributed by atoms with Gasteiger partial charge in [0.2, 0.25) is 0 Å². The number of pyridine rings is 1. The number of hydrogen-bond acceptors (Lipinski definition) is 4. The molecular formula is C19H15F7N6O. The molecule has 14 heteroatoms. The van der Waals surface area contributed by atoms with E-state index in [-0.39, 0.29) is 11.4 Å². The number of rotatable bonds is 3. The van der Waals surface area contributed by atoms with Crippen LogP contribution in [-0.2, 0) is 25.9 Å². The molecule has 0 aliphatic carbocycles. The second-order valence-corrected chi connectivity index (χ2v) is 7.43. The van der Waals surface area contributed by atoms with Crippen LogP contribution in [0.5, 0.6) is 0 Å². The number of amides is 1. The lowest BCUT2D eigenvalue weighted by atomic mass is 10.0. The standard InChI is InChI=1S/C19H15F7N6O/c1-31-14(7-16(30-31)19(24,25)26)17(33)28-11-3-2-4-32-13(11)6-12(29-32)9-5-15(18(21,22)23)27-8-10(9)20/h5-8,11H,2-4H2,1H3,(H,28,33)/t11-/m0/s1. The van der Waals surface area contributed by atoms with Crippen LogP contribution in [0.15, 0.2) is 24.4 Å². The molecule has 1 N–H and O–H groups in total. The molecule has 0 spiro atoms. The predicted molar refractivity (Wildman–Crippen MR) is 98.1 cm³/mol. The van der Waals surface area contributed by atoms with E-state index in [0.717, 1.165) is 4.68 Å². The normalized spacial score (nSPS) is 16.5. The van der Waals surface area contributed by atoms with Gasteiger partial charge in [0, 0.05) is 25.2 Å². The summed E-state index contributed by atoms with van der Waals surface area (Å²) in [7, 11) is 1.19. The molecule has 0 saturated carbocycles. The van der Waals surface area contributed by atoms with Gasteiger partial charge in [-0.3, -0.25) is 14.2 Å². The first kappa shape index (κ1) is 22.7. The Balaban J connectivity index is 1.63. The summed E-state index contributed by atoms with van der Waals surface area (Å²) in [5.41, 5.74) is -2.95. The van der Waals surface area contributed by atoms with Crippen LogP contribution >= 0.6 is 0 Å². The first-order valence-electron chi connectivity index (χ1n) is 9.57. The van der Waals surface area contributed by atoms with Crippen molar-refractivity contribution in [2.24, 2.45) is 7.05 Å². The molecule has 1 aliphatic rings. The number of alkyl halides is 6. The van der Waals surface area contributed by atoms with Gasteiger partial charge in [-0.2, -0.15) is 36.5 Å². The van der Waals surface area contributed by atoms with Crippen molar-refractivity contribution in [3.63, 3.8) is 0 Å². The average molecular weight is 476 g/mol. The Hall–Kier alpha value is -3.45. The van der Waals surface area contributed by atoms with Crippen molar-refractivity contribution >= 4 is 5.91 Å². The number of carbonyl (C=O) groups is 1. The maximum Gasteiger partial charge on any atom is 0.435 e. The topological polar surface area (TPSA) is 77.6 Å². The Morgan fingerprint density at radius 3 is 2.39 bits per heavy atom. The van der Waals surface area contributed by atoms with Gasteiger partial charge in [-0.05, 0) is 25.0 Å². The van der Waals surface area contributed by atoms with Crippen LogP contribution in [0.4, 0.5) is 30.7 Å². The Morgan fingerprint density at radius 2 is 1.76 bits per heavy atom. The molecule has 1 atom stereocenters. The van der Waals surface area contributed by atoms with Gasteiger partial charge in [-0.15, -0.1) is 0 Å². The van der Waals surface area contributed by atoms with Crippen molar-refractivity contribution in [1.29, 1.82) is 0 Å². The number of aryl methyl sites for hydroxylation is 2. The van der Waals surface area contributed by atoms with Gasteiger partial charge in [-0.1, -0.05) is 0 Å². The quantitative estimate of drug-likeness (QED) is 0.577. The Labute approximate surface area is 181 Å². The van der Waals surface area contributed by atoms with Gasteiger partial charge in [0.05, 0.1) is 23.6 Å². The van der Waals surface area contributed by atoms with Crippen LogP contribution in [0.3, 0.4) is 0 Å². The third-order valence-electron chi connectivity index (χ3n) is 5.16. The van der Waals surface area contributed by atoms with Crippen molar-refractivity contribution in [2.45, 2.75) is 37.8 Å². The SMILES string of the molecule is Cn1nc(C(F)(F)F)cc1C(=O)N[C@H]1CCCn2nc(-c3cc(C(F)(F)F)ncc3F)cc21. The summed E-state index contributed by atoms with van der Waals surface area (Å²) in [4.78, 5) is 15.7. The minimum atomic E-state index is -4.78. The zero-order valence-corrected chi connectivity index (χ0v) is 16.8. The van der Waals surface area contributed by atoms with Crippen LogP contribution in [-0.4, -0.2) is 30.5 Å². The molecular weight excluding hydrogens is 461 g/mol. The molecule has 33 heavy (non-hydrogen) atoms. The zero-order valence-electron chi connectivity index (χ0n) is 16.8. The van der Waals surface area contributed by atoms with E-state index in [4.69, 9.17) is 0 Å². The lowest BCUT2D eigenvalue weighted by Crippen LogP contribution is -2.33. The molecule has 0 radical (unpaired) electrons. The van der Waals surface area contributed by atoms with Crippen molar-refractivity contribution in [1.82, 2.24) is 29.9 Å². The minimum absolute atomic E-state index is 0.0866. The van der Waals surface area contributed by atoms with Gasteiger partial charge < -0.3 is 5.32 Å². The number of aromatic nitrogens is 5. The largest absolute Gasteiger partial charge is 0.435 e. The Bertz CT molecular complexity index is 1210. The molecule has 3 aromatic heterocycles. The van der Waals surface area contributed by atoms with Crippen LogP contribution in [0.2, 0.25) is 0 Å². The number of nitrogens with one attached hydrogen (secondary N) is 1. The second kappa shape index (κ2) is 7.85. The van der Waals surface area contributed by atoms with E-state index in [1.165, 1.54) is 17.8 Å². The molecule has 0 aromatic carbocycles. The fraction of sp³-hybridized carbons (Fsp3) is 0.368. The van der Waals surface area contributed by atoms with Crippen LogP contribution in [0, 0.1) is 5.82 Å². The lowest BCUT2D eigenvalue weighted by Gasteiger charge is -2.24. The molecule has 0 saturated heterocycles. The molecule has 7 nitrogen and oxygen atoms in total. The highest BCUT2D eigenvalue weighted by molar-refractivity contribution is 5.93. The number of carbonyl (C=O) groups excluding carboxylic acids is 1. The number of halogens is 7. The van der Waals surface area contributed by atoms with Gasteiger partial charge in [0.25, 0.3) is 5.91 Å². The predicted octanol–water partition coefficient (Wildman–Crippen LogP) is 4.12. The van der Waals surface area contributed by atoms with Crippen LogP contribution in [0.25, 0.3) is 11.3 Å².